The van der Waals surface area contributed by atoms with Gasteiger partial charge in [0.15, 0.2) is 0 Å². The van der Waals surface area contributed by atoms with E-state index < -0.39 is 0 Å². The minimum Gasteiger partial charge on any atom is -0.353 e. The predicted octanol–water partition coefficient (Wildman–Crippen LogP) is 2.45. The molecule has 2 aliphatic rings. The number of amides is 1. The largest absolute Gasteiger partial charge is 0.353 e. The molecule has 0 radical (unpaired) electrons. The van der Waals surface area contributed by atoms with Crippen LogP contribution in [0.1, 0.15) is 57.8 Å². The summed E-state index contributed by atoms with van der Waals surface area (Å²) in [5, 5.41) is 11.9. The third-order valence-corrected chi connectivity index (χ3v) is 4.62. The molecule has 112 valence electrons. The van der Waals surface area contributed by atoms with Crippen molar-refractivity contribution in [2.75, 3.05) is 19.6 Å². The summed E-state index contributed by atoms with van der Waals surface area (Å²) < 4.78 is 0. The van der Waals surface area contributed by atoms with E-state index in [-0.39, 0.29) is 11.8 Å². The van der Waals surface area contributed by atoms with Crippen LogP contribution in [0.15, 0.2) is 0 Å². The molecule has 0 aromatic heterocycles. The van der Waals surface area contributed by atoms with Crippen molar-refractivity contribution in [1.82, 2.24) is 10.2 Å². The quantitative estimate of drug-likeness (QED) is 0.803. The van der Waals surface area contributed by atoms with E-state index in [9.17, 15) is 4.79 Å². The maximum atomic E-state index is 12.4. The Kier molecular flexibility index (Phi) is 6.32. The van der Waals surface area contributed by atoms with Crippen molar-refractivity contribution in [3.05, 3.63) is 0 Å². The zero-order chi connectivity index (χ0) is 14.2. The summed E-state index contributed by atoms with van der Waals surface area (Å²) in [7, 11) is 0. The zero-order valence-electron chi connectivity index (χ0n) is 12.4. The number of likely N-dealkylation sites (tertiary alicyclic amines) is 1. The molecule has 1 aliphatic carbocycles. The maximum absolute atomic E-state index is 12.4. The molecule has 4 heteroatoms. The molecule has 0 spiro atoms. The highest BCUT2D eigenvalue weighted by Crippen LogP contribution is 2.20. The fourth-order valence-corrected chi connectivity index (χ4v) is 3.42. The van der Waals surface area contributed by atoms with Crippen molar-refractivity contribution in [1.29, 1.82) is 5.26 Å². The molecule has 1 saturated carbocycles. The lowest BCUT2D eigenvalue weighted by molar-refractivity contribution is -0.127. The normalized spacial score (nSPS) is 25.6. The van der Waals surface area contributed by atoms with Crippen LogP contribution in [0.25, 0.3) is 0 Å². The lowest BCUT2D eigenvalue weighted by atomic mass is 9.96. The second kappa shape index (κ2) is 8.26. The first-order valence-electron chi connectivity index (χ1n) is 8.19. The molecule has 4 nitrogen and oxygen atoms in total. The molecule has 0 aromatic carbocycles. The molecular weight excluding hydrogens is 250 g/mol. The number of carbonyl (C=O) groups is 1. The Balaban J connectivity index is 1.77. The van der Waals surface area contributed by atoms with E-state index in [0.29, 0.717) is 12.5 Å². The number of hydrogen-bond acceptors (Lipinski definition) is 3. The molecular formula is C16H27N3O. The van der Waals surface area contributed by atoms with Crippen LogP contribution in [0.5, 0.6) is 0 Å². The van der Waals surface area contributed by atoms with Gasteiger partial charge in [0.05, 0.1) is 12.0 Å². The van der Waals surface area contributed by atoms with Crippen LogP contribution < -0.4 is 5.32 Å². The zero-order valence-corrected chi connectivity index (χ0v) is 12.4. The number of nitrogens with one attached hydrogen (secondary N) is 1. The van der Waals surface area contributed by atoms with Gasteiger partial charge in [0.2, 0.25) is 5.91 Å². The molecule has 2 rings (SSSR count). The second-order valence-corrected chi connectivity index (χ2v) is 6.24. The number of carbonyl (C=O) groups excluding carboxylic acids is 1. The van der Waals surface area contributed by atoms with E-state index >= 15 is 0 Å². The fraction of sp³-hybridized carbons (Fsp3) is 0.875. The van der Waals surface area contributed by atoms with Crippen molar-refractivity contribution in [3.8, 4) is 6.07 Å². The van der Waals surface area contributed by atoms with E-state index in [1.54, 1.807) is 0 Å². The molecule has 1 amide bonds. The number of hydrogen-bond donors (Lipinski definition) is 1. The van der Waals surface area contributed by atoms with Gasteiger partial charge < -0.3 is 10.2 Å². The van der Waals surface area contributed by atoms with Crippen molar-refractivity contribution in [2.45, 2.75) is 63.8 Å². The third kappa shape index (κ3) is 4.79. The molecule has 1 unspecified atom stereocenters. The molecule has 1 N–H and O–H groups in total. The van der Waals surface area contributed by atoms with Crippen LogP contribution in [-0.2, 0) is 4.79 Å². The Morgan fingerprint density at radius 1 is 1.15 bits per heavy atom. The standard InChI is InChI=1S/C16H27N3O/c17-10-6-12-19-11-5-7-14(13-19)16(20)18-15-8-3-1-2-4-9-15/h14-15H,1-9,11-13H2,(H,18,20). The summed E-state index contributed by atoms with van der Waals surface area (Å²) in [6.07, 6.45) is 10.1. The van der Waals surface area contributed by atoms with Crippen molar-refractivity contribution in [3.63, 3.8) is 0 Å². The first kappa shape index (κ1) is 15.3. The third-order valence-electron chi connectivity index (χ3n) is 4.62. The SMILES string of the molecule is N#CCCN1CCCC(C(=O)NC2CCCCCC2)C1. The average molecular weight is 277 g/mol. The summed E-state index contributed by atoms with van der Waals surface area (Å²) in [6, 6.07) is 2.59. The van der Waals surface area contributed by atoms with E-state index in [2.05, 4.69) is 16.3 Å². The van der Waals surface area contributed by atoms with Crippen LogP contribution in [0.2, 0.25) is 0 Å². The van der Waals surface area contributed by atoms with Gasteiger partial charge in [-0.1, -0.05) is 25.7 Å². The Hall–Kier alpha value is -1.08. The number of nitriles is 1. The van der Waals surface area contributed by atoms with Crippen molar-refractivity contribution >= 4 is 5.91 Å². The molecule has 1 saturated heterocycles. The lowest BCUT2D eigenvalue weighted by Gasteiger charge is -2.32. The predicted molar refractivity (Wildman–Crippen MR) is 79.0 cm³/mol. The summed E-state index contributed by atoms with van der Waals surface area (Å²) in [5.41, 5.74) is 0. The highest BCUT2D eigenvalue weighted by atomic mass is 16.2. The van der Waals surface area contributed by atoms with Gasteiger partial charge in [-0.2, -0.15) is 5.26 Å². The molecule has 1 atom stereocenters. The molecule has 2 fully saturated rings. The molecule has 20 heavy (non-hydrogen) atoms. The van der Waals surface area contributed by atoms with Gasteiger partial charge in [0.1, 0.15) is 0 Å². The highest BCUT2D eigenvalue weighted by Gasteiger charge is 2.27. The van der Waals surface area contributed by atoms with Crippen LogP contribution in [0, 0.1) is 17.2 Å². The summed E-state index contributed by atoms with van der Waals surface area (Å²) in [6.45, 7) is 2.68. The Bertz CT molecular complexity index is 342. The minimum absolute atomic E-state index is 0.130. The van der Waals surface area contributed by atoms with Crippen LogP contribution in [-0.4, -0.2) is 36.5 Å². The van der Waals surface area contributed by atoms with Crippen LogP contribution >= 0.6 is 0 Å². The average Bonchev–Trinajstić information content (AvgIpc) is 2.74. The number of nitrogens with zero attached hydrogens (tertiary/aromatic N) is 2. The topological polar surface area (TPSA) is 56.1 Å². The molecule has 0 aromatic rings. The summed E-state index contributed by atoms with van der Waals surface area (Å²) in [5.74, 6) is 0.379. The summed E-state index contributed by atoms with van der Waals surface area (Å²) >= 11 is 0. The van der Waals surface area contributed by atoms with Gasteiger partial charge >= 0.3 is 0 Å². The van der Waals surface area contributed by atoms with E-state index in [0.717, 1.165) is 45.3 Å². The number of rotatable bonds is 4. The van der Waals surface area contributed by atoms with Gasteiger partial charge in [0, 0.05) is 25.6 Å². The van der Waals surface area contributed by atoms with E-state index in [1.165, 1.54) is 25.7 Å². The Labute approximate surface area is 122 Å². The molecule has 1 heterocycles. The van der Waals surface area contributed by atoms with Gasteiger partial charge in [-0.05, 0) is 32.2 Å². The van der Waals surface area contributed by atoms with Gasteiger partial charge in [-0.15, -0.1) is 0 Å². The van der Waals surface area contributed by atoms with Crippen molar-refractivity contribution in [2.24, 2.45) is 5.92 Å². The summed E-state index contributed by atoms with van der Waals surface area (Å²) in [4.78, 5) is 14.7. The molecule has 1 aliphatic heterocycles. The lowest BCUT2D eigenvalue weighted by Crippen LogP contribution is -2.46. The van der Waals surface area contributed by atoms with E-state index in [4.69, 9.17) is 5.26 Å². The molecule has 0 bridgehead atoms. The Morgan fingerprint density at radius 3 is 2.60 bits per heavy atom. The number of piperidine rings is 1. The van der Waals surface area contributed by atoms with Crippen molar-refractivity contribution < 1.29 is 4.79 Å². The second-order valence-electron chi connectivity index (χ2n) is 6.24. The fourth-order valence-electron chi connectivity index (χ4n) is 3.42. The van der Waals surface area contributed by atoms with Gasteiger partial charge in [-0.3, -0.25) is 4.79 Å². The van der Waals surface area contributed by atoms with Crippen LogP contribution in [0.3, 0.4) is 0 Å². The first-order valence-corrected chi connectivity index (χ1v) is 8.19. The monoisotopic (exact) mass is 277 g/mol. The first-order chi connectivity index (χ1) is 9.79. The van der Waals surface area contributed by atoms with Gasteiger partial charge in [0.25, 0.3) is 0 Å². The minimum atomic E-state index is 0.130. The van der Waals surface area contributed by atoms with Gasteiger partial charge in [-0.25, -0.2) is 0 Å². The maximum Gasteiger partial charge on any atom is 0.224 e. The highest BCUT2D eigenvalue weighted by molar-refractivity contribution is 5.79. The van der Waals surface area contributed by atoms with E-state index in [1.807, 2.05) is 0 Å². The Morgan fingerprint density at radius 2 is 1.90 bits per heavy atom. The van der Waals surface area contributed by atoms with Crippen LogP contribution in [0.4, 0.5) is 0 Å². The smallest absolute Gasteiger partial charge is 0.224 e.